The summed E-state index contributed by atoms with van der Waals surface area (Å²) in [5.41, 5.74) is 3.00. The third-order valence-electron chi connectivity index (χ3n) is 4.43. The van der Waals surface area contributed by atoms with Crippen LogP contribution in [0, 0.1) is 0 Å². The summed E-state index contributed by atoms with van der Waals surface area (Å²) in [6.07, 6.45) is 6.69. The molecule has 0 spiro atoms. The minimum atomic E-state index is 0.660. The topological polar surface area (TPSA) is 15.3 Å². The Kier molecular flexibility index (Phi) is 3.55. The van der Waals surface area contributed by atoms with E-state index < -0.39 is 0 Å². The second-order valence-electron chi connectivity index (χ2n) is 5.83. The average molecular weight is 244 g/mol. The molecule has 3 rings (SSSR count). The minimum absolute atomic E-state index is 0.660. The molecule has 1 aromatic carbocycles. The van der Waals surface area contributed by atoms with Crippen molar-refractivity contribution in [3.8, 4) is 0 Å². The van der Waals surface area contributed by atoms with E-state index in [0.717, 1.165) is 0 Å². The van der Waals surface area contributed by atoms with Crippen molar-refractivity contribution in [2.45, 2.75) is 51.1 Å². The summed E-state index contributed by atoms with van der Waals surface area (Å²) in [6, 6.07) is 10.2. The number of para-hydroxylation sites is 1. The van der Waals surface area contributed by atoms with Gasteiger partial charge in [-0.2, -0.15) is 0 Å². The van der Waals surface area contributed by atoms with Gasteiger partial charge in [0, 0.05) is 24.3 Å². The second-order valence-corrected chi connectivity index (χ2v) is 5.83. The summed E-state index contributed by atoms with van der Waals surface area (Å²) >= 11 is 0. The molecule has 1 aromatic rings. The first-order chi connectivity index (χ1) is 8.84. The van der Waals surface area contributed by atoms with Crippen LogP contribution in [0.3, 0.4) is 0 Å². The Morgan fingerprint density at radius 3 is 3.06 bits per heavy atom. The van der Waals surface area contributed by atoms with Gasteiger partial charge in [-0.05, 0) is 44.4 Å². The van der Waals surface area contributed by atoms with E-state index in [2.05, 4.69) is 41.4 Å². The van der Waals surface area contributed by atoms with E-state index in [1.165, 1.54) is 56.4 Å². The molecule has 0 amide bonds. The van der Waals surface area contributed by atoms with Crippen molar-refractivity contribution in [3.05, 3.63) is 29.8 Å². The van der Waals surface area contributed by atoms with E-state index in [1.54, 1.807) is 0 Å². The molecule has 0 aromatic heterocycles. The lowest BCUT2D eigenvalue weighted by Gasteiger charge is -2.29. The molecule has 2 aliphatic heterocycles. The molecule has 2 heterocycles. The zero-order valence-electron chi connectivity index (χ0n) is 11.4. The Morgan fingerprint density at radius 2 is 2.11 bits per heavy atom. The highest BCUT2D eigenvalue weighted by Crippen LogP contribution is 2.32. The van der Waals surface area contributed by atoms with Gasteiger partial charge in [0.2, 0.25) is 0 Å². The molecule has 18 heavy (non-hydrogen) atoms. The molecule has 2 heteroatoms. The molecule has 0 bridgehead atoms. The average Bonchev–Trinajstić information content (AvgIpc) is 2.57. The fourth-order valence-corrected chi connectivity index (χ4v) is 3.40. The Morgan fingerprint density at radius 1 is 1.22 bits per heavy atom. The van der Waals surface area contributed by atoms with Gasteiger partial charge in [0.05, 0.1) is 0 Å². The quantitative estimate of drug-likeness (QED) is 0.860. The summed E-state index contributed by atoms with van der Waals surface area (Å²) in [4.78, 5) is 2.61. The van der Waals surface area contributed by atoms with Crippen LogP contribution in [0.15, 0.2) is 24.3 Å². The highest BCUT2D eigenvalue weighted by molar-refractivity contribution is 5.59. The predicted octanol–water partition coefficient (Wildman–Crippen LogP) is 2.97. The zero-order valence-corrected chi connectivity index (χ0v) is 11.4. The van der Waals surface area contributed by atoms with Gasteiger partial charge in [0.15, 0.2) is 0 Å². The first-order valence-corrected chi connectivity index (χ1v) is 7.42. The molecule has 1 N–H and O–H groups in total. The van der Waals surface area contributed by atoms with Crippen LogP contribution in [-0.2, 0) is 6.42 Å². The van der Waals surface area contributed by atoms with Crippen molar-refractivity contribution in [1.29, 1.82) is 0 Å². The molecular weight excluding hydrogens is 220 g/mol. The highest BCUT2D eigenvalue weighted by Gasteiger charge is 2.27. The predicted molar refractivity (Wildman–Crippen MR) is 77.2 cm³/mol. The van der Waals surface area contributed by atoms with Crippen LogP contribution >= 0.6 is 0 Å². The standard InChI is InChI=1S/C16H24N2/c1-13-11-14-7-4-5-9-16(14)18(13)12-15-8-3-2-6-10-17-15/h4-5,7,9,13,15,17H,2-3,6,8,10-12H2,1H3. The summed E-state index contributed by atoms with van der Waals surface area (Å²) < 4.78 is 0. The van der Waals surface area contributed by atoms with E-state index in [1.807, 2.05) is 0 Å². The van der Waals surface area contributed by atoms with Crippen LogP contribution in [0.4, 0.5) is 5.69 Å². The Hall–Kier alpha value is -1.02. The molecule has 2 atom stereocenters. The molecular formula is C16H24N2. The SMILES string of the molecule is CC1Cc2ccccc2N1CC1CCCCCN1. The van der Waals surface area contributed by atoms with Crippen molar-refractivity contribution in [3.63, 3.8) is 0 Å². The molecule has 2 nitrogen and oxygen atoms in total. The minimum Gasteiger partial charge on any atom is -0.367 e. The van der Waals surface area contributed by atoms with Gasteiger partial charge in [0.1, 0.15) is 0 Å². The van der Waals surface area contributed by atoms with Crippen molar-refractivity contribution in [2.75, 3.05) is 18.0 Å². The van der Waals surface area contributed by atoms with E-state index in [4.69, 9.17) is 0 Å². The summed E-state index contributed by atoms with van der Waals surface area (Å²) in [6.45, 7) is 4.74. The maximum atomic E-state index is 3.72. The van der Waals surface area contributed by atoms with E-state index in [9.17, 15) is 0 Å². The molecule has 1 fully saturated rings. The highest BCUT2D eigenvalue weighted by atomic mass is 15.2. The van der Waals surface area contributed by atoms with Gasteiger partial charge in [-0.25, -0.2) is 0 Å². The smallest absolute Gasteiger partial charge is 0.0402 e. The van der Waals surface area contributed by atoms with Gasteiger partial charge < -0.3 is 10.2 Å². The monoisotopic (exact) mass is 244 g/mol. The lowest BCUT2D eigenvalue weighted by atomic mass is 10.1. The van der Waals surface area contributed by atoms with Gasteiger partial charge >= 0.3 is 0 Å². The summed E-state index contributed by atoms with van der Waals surface area (Å²) in [5, 5.41) is 3.72. The summed E-state index contributed by atoms with van der Waals surface area (Å²) in [5.74, 6) is 0. The number of hydrogen-bond donors (Lipinski definition) is 1. The number of nitrogens with zero attached hydrogens (tertiary/aromatic N) is 1. The van der Waals surface area contributed by atoms with Crippen molar-refractivity contribution < 1.29 is 0 Å². The number of nitrogens with one attached hydrogen (secondary N) is 1. The third kappa shape index (κ3) is 2.39. The van der Waals surface area contributed by atoms with Crippen LogP contribution in [0.2, 0.25) is 0 Å². The van der Waals surface area contributed by atoms with Gasteiger partial charge in [-0.1, -0.05) is 31.0 Å². The van der Waals surface area contributed by atoms with Crippen LogP contribution in [0.5, 0.6) is 0 Å². The zero-order chi connectivity index (χ0) is 12.4. The van der Waals surface area contributed by atoms with Crippen LogP contribution in [0.1, 0.15) is 38.2 Å². The molecule has 0 radical (unpaired) electrons. The first-order valence-electron chi connectivity index (χ1n) is 7.42. The fraction of sp³-hybridized carbons (Fsp3) is 0.625. The molecule has 0 aliphatic carbocycles. The maximum absolute atomic E-state index is 3.72. The third-order valence-corrected chi connectivity index (χ3v) is 4.43. The number of anilines is 1. The molecule has 2 unspecified atom stereocenters. The van der Waals surface area contributed by atoms with E-state index in [0.29, 0.717) is 12.1 Å². The molecule has 2 aliphatic rings. The van der Waals surface area contributed by atoms with Crippen molar-refractivity contribution in [2.24, 2.45) is 0 Å². The number of rotatable bonds is 2. The molecule has 98 valence electrons. The maximum Gasteiger partial charge on any atom is 0.0402 e. The van der Waals surface area contributed by atoms with Gasteiger partial charge in [-0.3, -0.25) is 0 Å². The van der Waals surface area contributed by atoms with Crippen LogP contribution < -0.4 is 10.2 Å². The largest absolute Gasteiger partial charge is 0.367 e. The van der Waals surface area contributed by atoms with E-state index in [-0.39, 0.29) is 0 Å². The summed E-state index contributed by atoms with van der Waals surface area (Å²) in [7, 11) is 0. The Labute approximate surface area is 110 Å². The number of hydrogen-bond acceptors (Lipinski definition) is 2. The lowest BCUT2D eigenvalue weighted by molar-refractivity contribution is 0.486. The Bertz CT molecular complexity index is 394. The van der Waals surface area contributed by atoms with Crippen LogP contribution in [-0.4, -0.2) is 25.2 Å². The second kappa shape index (κ2) is 5.31. The lowest BCUT2D eigenvalue weighted by Crippen LogP contribution is -2.43. The van der Waals surface area contributed by atoms with Gasteiger partial charge in [0.25, 0.3) is 0 Å². The first kappa shape index (κ1) is 12.0. The van der Waals surface area contributed by atoms with Crippen molar-refractivity contribution in [1.82, 2.24) is 5.32 Å². The number of fused-ring (bicyclic) bond motifs is 1. The Balaban J connectivity index is 1.72. The van der Waals surface area contributed by atoms with Crippen LogP contribution in [0.25, 0.3) is 0 Å². The van der Waals surface area contributed by atoms with E-state index >= 15 is 0 Å². The molecule has 0 saturated carbocycles. The van der Waals surface area contributed by atoms with Crippen molar-refractivity contribution >= 4 is 5.69 Å². The normalized spacial score (nSPS) is 27.9. The van der Waals surface area contributed by atoms with Gasteiger partial charge in [-0.15, -0.1) is 0 Å². The number of benzene rings is 1. The molecule has 1 saturated heterocycles. The fourth-order valence-electron chi connectivity index (χ4n) is 3.40.